The number of carbonyl (C=O) groups is 1. The number of hydrogen-bond donors (Lipinski definition) is 6. The van der Waals surface area contributed by atoms with Crippen molar-refractivity contribution in [1.29, 1.82) is 0 Å². The van der Waals surface area contributed by atoms with Crippen molar-refractivity contribution in [2.75, 3.05) is 13.2 Å². The lowest BCUT2D eigenvalue weighted by atomic mass is 10.1. The number of aromatic nitrogens is 2. The Bertz CT molecular complexity index is 1390. The zero-order valence-corrected chi connectivity index (χ0v) is 23.6. The minimum absolute atomic E-state index is 0.259. The smallest absolute Gasteiger partial charge is 0.387 e. The molecule has 0 bridgehead atoms. The number of amides is 1. The molecule has 6 atom stereocenters. The quantitative estimate of drug-likeness (QED) is 0.123. The molecule has 0 radical (unpaired) electrons. The fraction of sp³-hybridized carbons (Fsp3) is 0.588. The number of hydrogen-bond acceptors (Lipinski definition) is 12. The zero-order valence-electron chi connectivity index (χ0n) is 20.8. The number of aliphatic hydroxyl groups excluding tert-OH is 2. The van der Waals surface area contributed by atoms with Gasteiger partial charge in [-0.15, -0.1) is 0 Å². The highest BCUT2D eigenvalue weighted by Crippen LogP contribution is 2.64. The molecule has 3 unspecified atom stereocenters. The number of aliphatic hydroxyl groups is 2. The maximum Gasteiger partial charge on any atom is 0.490 e. The third kappa shape index (κ3) is 10.1. The van der Waals surface area contributed by atoms with Crippen molar-refractivity contribution in [2.45, 2.75) is 51.1 Å². The summed E-state index contributed by atoms with van der Waals surface area (Å²) in [5.41, 5.74) is -2.51. The Hall–Kier alpha value is -1.99. The number of allylic oxidation sites excluding steroid dienone is 1. The van der Waals surface area contributed by atoms with Crippen molar-refractivity contribution < 1.29 is 74.4 Å². The first-order valence-electron chi connectivity index (χ1n) is 10.9. The van der Waals surface area contributed by atoms with E-state index in [0.717, 1.165) is 0 Å². The molecule has 1 amide bonds. The Morgan fingerprint density at radius 1 is 1.24 bits per heavy atom. The summed E-state index contributed by atoms with van der Waals surface area (Å²) < 4.78 is 91.5. The molecule has 1 aromatic rings. The zero-order chi connectivity index (χ0) is 31.5. The van der Waals surface area contributed by atoms with Crippen LogP contribution in [0.4, 0.5) is 13.2 Å². The summed E-state index contributed by atoms with van der Waals surface area (Å²) in [7, 11) is -15.3. The van der Waals surface area contributed by atoms with E-state index in [1.54, 1.807) is 18.8 Å². The molecule has 1 aliphatic rings. The van der Waals surface area contributed by atoms with Gasteiger partial charge in [0.2, 0.25) is 0 Å². The van der Waals surface area contributed by atoms with Gasteiger partial charge in [0.15, 0.2) is 6.23 Å². The number of phosphoric acid groups is 2. The average molecular weight is 661 g/mol. The third-order valence-electron chi connectivity index (χ3n) is 5.06. The molecule has 1 aliphatic heterocycles. The Morgan fingerprint density at radius 2 is 1.85 bits per heavy atom. The molecule has 6 N–H and O–H groups in total. The van der Waals surface area contributed by atoms with Crippen molar-refractivity contribution in [3.8, 4) is 0 Å². The highest BCUT2D eigenvalue weighted by molar-refractivity contribution is 7.64. The van der Waals surface area contributed by atoms with E-state index in [1.165, 1.54) is 6.08 Å². The van der Waals surface area contributed by atoms with Gasteiger partial charge in [0.25, 0.3) is 5.56 Å². The summed E-state index contributed by atoms with van der Waals surface area (Å²) in [5.74, 6) is -2.30. The molecule has 1 fully saturated rings. The molecule has 0 spiro atoms. The van der Waals surface area contributed by atoms with Gasteiger partial charge in [-0.05, 0) is 13.8 Å². The van der Waals surface area contributed by atoms with Gasteiger partial charge in [-0.2, -0.15) is 17.5 Å². The van der Waals surface area contributed by atoms with Crippen LogP contribution in [0, 0.1) is 0 Å². The second kappa shape index (κ2) is 13.5. The first-order valence-corrected chi connectivity index (χ1v) is 15.2. The molecule has 41 heavy (non-hydrogen) atoms. The fourth-order valence-electron chi connectivity index (χ4n) is 3.28. The predicted octanol–water partition coefficient (Wildman–Crippen LogP) is -0.355. The van der Waals surface area contributed by atoms with E-state index in [4.69, 9.17) is 19.4 Å². The second-order valence-corrected chi connectivity index (χ2v) is 12.6. The lowest BCUT2D eigenvalue weighted by Crippen LogP contribution is -2.43. The minimum atomic E-state index is -5.63. The molecule has 1 aromatic heterocycles. The Balaban J connectivity index is 2.35. The Kier molecular flexibility index (Phi) is 11.6. The molecule has 1 saturated heterocycles. The van der Waals surface area contributed by atoms with E-state index in [9.17, 15) is 51.5 Å². The van der Waals surface area contributed by atoms with Gasteiger partial charge in [-0.1, -0.05) is 11.6 Å². The molecule has 18 nitrogen and oxygen atoms in total. The molecule has 234 valence electrons. The predicted molar refractivity (Wildman–Crippen MR) is 127 cm³/mol. The highest BCUT2D eigenvalue weighted by atomic mass is 31.3. The van der Waals surface area contributed by atoms with Crippen LogP contribution in [0.3, 0.4) is 0 Å². The lowest BCUT2D eigenvalue weighted by Gasteiger charge is -2.23. The van der Waals surface area contributed by atoms with Crippen molar-refractivity contribution in [3.63, 3.8) is 0 Å². The van der Waals surface area contributed by atoms with Crippen molar-refractivity contribution in [2.24, 2.45) is 0 Å². The van der Waals surface area contributed by atoms with E-state index in [1.807, 2.05) is 0 Å². The first kappa shape index (κ1) is 35.2. The molecular formula is C17H25F3N3O15P3. The van der Waals surface area contributed by atoms with Crippen molar-refractivity contribution in [3.05, 3.63) is 44.2 Å². The fourth-order valence-corrected chi connectivity index (χ4v) is 6.25. The van der Waals surface area contributed by atoms with E-state index in [0.29, 0.717) is 16.3 Å². The van der Waals surface area contributed by atoms with Crippen LogP contribution in [0.1, 0.15) is 25.6 Å². The maximum absolute atomic E-state index is 13.1. The van der Waals surface area contributed by atoms with Crippen molar-refractivity contribution in [1.82, 2.24) is 14.5 Å². The third-order valence-corrected chi connectivity index (χ3v) is 8.69. The molecule has 2 heterocycles. The van der Waals surface area contributed by atoms with Gasteiger partial charge in [0, 0.05) is 12.7 Å². The largest absolute Gasteiger partial charge is 0.490 e. The molecule has 0 aliphatic carbocycles. The van der Waals surface area contributed by atoms with E-state index in [-0.39, 0.29) is 4.90 Å². The number of nitrogens with one attached hydrogen (secondary N) is 1. The standard InChI is InChI=1S/C17H25F3N3O15P3/c1-8(2)3-4-22(15(27)17(18,19)20)5-9-6-23(16(28)21-13(9)26)14-12(25)11(24)10(36-14)7-35-41(34,37-39(29)30)38-40(31,32)33/h3,6,10-12,14,24-25,39H,4-5,7H2,1-2H3,(H,29,30)(H,21,26,28)(H2,31,32,33)/t10-,11?,12+,14-,41?/m1/s1. The summed E-state index contributed by atoms with van der Waals surface area (Å²) in [6, 6.07) is 0. The normalized spacial score (nSPS) is 23.6. The van der Waals surface area contributed by atoms with Crippen molar-refractivity contribution >= 4 is 29.8 Å². The summed E-state index contributed by atoms with van der Waals surface area (Å²) in [6.07, 6.45) is -11.1. The number of ether oxygens (including phenoxy) is 1. The van der Waals surface area contributed by atoms with Gasteiger partial charge in [0.05, 0.1) is 18.7 Å². The average Bonchev–Trinajstić information content (AvgIpc) is 3.07. The SMILES string of the molecule is CC(C)=CCN(Cc1cn([C@@H]2O[C@H](COP(=O)(O[PH](=O)O)OP(=O)(O)O)C(O)[C@@H]2O)c(=O)[nH]c1=O)C(=O)C(F)(F)F. The molecule has 2 rings (SSSR count). The Morgan fingerprint density at radius 3 is 2.37 bits per heavy atom. The molecular weight excluding hydrogens is 636 g/mol. The van der Waals surface area contributed by atoms with Crippen LogP contribution in [0.25, 0.3) is 0 Å². The number of H-pyrrole nitrogens is 1. The second-order valence-electron chi connectivity index (χ2n) is 8.50. The number of rotatable bonds is 12. The monoisotopic (exact) mass is 661 g/mol. The van der Waals surface area contributed by atoms with Crippen LogP contribution in [0.15, 0.2) is 27.4 Å². The van der Waals surface area contributed by atoms with Gasteiger partial charge >= 0.3 is 41.7 Å². The molecule has 24 heteroatoms. The van der Waals surface area contributed by atoms with Gasteiger partial charge in [-0.25, -0.2) is 18.2 Å². The summed E-state index contributed by atoms with van der Waals surface area (Å²) in [6.45, 7) is 0.361. The van der Waals surface area contributed by atoms with Crippen LogP contribution >= 0.6 is 23.9 Å². The summed E-state index contributed by atoms with van der Waals surface area (Å²) >= 11 is 0. The summed E-state index contributed by atoms with van der Waals surface area (Å²) in [5, 5.41) is 20.7. The number of alkyl halides is 3. The number of aromatic amines is 1. The summed E-state index contributed by atoms with van der Waals surface area (Å²) in [4.78, 5) is 65.2. The highest BCUT2D eigenvalue weighted by Gasteiger charge is 2.47. The van der Waals surface area contributed by atoms with Gasteiger partial charge in [-0.3, -0.25) is 28.2 Å². The lowest BCUT2D eigenvalue weighted by molar-refractivity contribution is -0.185. The minimum Gasteiger partial charge on any atom is -0.387 e. The first-order chi connectivity index (χ1) is 18.6. The number of halogens is 3. The Labute approximate surface area is 227 Å². The van der Waals surface area contributed by atoms with E-state index >= 15 is 0 Å². The van der Waals surface area contributed by atoms with E-state index < -0.39 is 97.0 Å². The number of carbonyl (C=O) groups excluding carboxylic acids is 1. The molecule has 0 aromatic carbocycles. The topological polar surface area (TPSA) is 264 Å². The van der Waals surface area contributed by atoms with Gasteiger partial charge in [0.1, 0.15) is 18.3 Å². The van der Waals surface area contributed by atoms with Crippen LogP contribution in [-0.4, -0.2) is 82.9 Å². The number of nitrogens with zero attached hydrogens (tertiary/aromatic N) is 2. The van der Waals surface area contributed by atoms with Crippen LogP contribution in [-0.2, 0) is 42.9 Å². The maximum atomic E-state index is 13.1. The van der Waals surface area contributed by atoms with Gasteiger partial charge < -0.3 is 34.5 Å². The van der Waals surface area contributed by atoms with Crippen LogP contribution < -0.4 is 11.2 Å². The molecule has 0 saturated carbocycles. The van der Waals surface area contributed by atoms with E-state index in [2.05, 4.69) is 13.1 Å². The van der Waals surface area contributed by atoms with Crippen LogP contribution in [0.5, 0.6) is 0 Å². The van der Waals surface area contributed by atoms with Crippen LogP contribution in [0.2, 0.25) is 0 Å².